The number of piperazine rings is 1. The lowest BCUT2D eigenvalue weighted by Crippen LogP contribution is -2.49. The highest BCUT2D eigenvalue weighted by molar-refractivity contribution is 5.84. The zero-order valence-corrected chi connectivity index (χ0v) is 18.5. The first kappa shape index (κ1) is 20.6. The van der Waals surface area contributed by atoms with Gasteiger partial charge in [0.05, 0.1) is 0 Å². The minimum absolute atomic E-state index is 0.380. The summed E-state index contributed by atoms with van der Waals surface area (Å²) in [7, 11) is 2.18. The van der Waals surface area contributed by atoms with Crippen molar-refractivity contribution < 1.29 is 4.42 Å². The van der Waals surface area contributed by atoms with Crippen molar-refractivity contribution in [3.8, 4) is 22.8 Å². The fraction of sp³-hybridized carbons (Fsp3) is 0.320. The lowest BCUT2D eigenvalue weighted by molar-refractivity contribution is 0.123. The quantitative estimate of drug-likeness (QED) is 0.498. The Labute approximate surface area is 188 Å². The van der Waals surface area contributed by atoms with E-state index in [9.17, 15) is 0 Å². The number of rotatable bonds is 6. The Hall–Kier alpha value is -3.29. The molecule has 5 rings (SSSR count). The van der Waals surface area contributed by atoms with E-state index in [1.165, 1.54) is 0 Å². The second-order valence-corrected chi connectivity index (χ2v) is 8.37. The number of benzene rings is 2. The molecule has 32 heavy (non-hydrogen) atoms. The van der Waals surface area contributed by atoms with E-state index < -0.39 is 0 Å². The number of oxazole rings is 1. The molecule has 2 aromatic heterocycles. The molecule has 7 heteroatoms. The van der Waals surface area contributed by atoms with Gasteiger partial charge in [-0.1, -0.05) is 48.5 Å². The molecule has 2 aromatic carbocycles. The summed E-state index contributed by atoms with van der Waals surface area (Å²) in [6.45, 7) is 7.38. The molecule has 0 unspecified atom stereocenters. The van der Waals surface area contributed by atoms with Crippen molar-refractivity contribution >= 4 is 17.0 Å². The Morgan fingerprint density at radius 2 is 1.53 bits per heavy atom. The third-order valence-electron chi connectivity index (χ3n) is 6.03. The van der Waals surface area contributed by atoms with E-state index >= 15 is 0 Å². The largest absolute Gasteiger partial charge is 0.430 e. The fourth-order valence-corrected chi connectivity index (χ4v) is 4.00. The summed E-state index contributed by atoms with van der Waals surface area (Å²) < 4.78 is 6.15. The topological polar surface area (TPSA) is 70.3 Å². The van der Waals surface area contributed by atoms with Crippen LogP contribution in [0.15, 0.2) is 65.1 Å². The van der Waals surface area contributed by atoms with E-state index in [2.05, 4.69) is 34.1 Å². The van der Waals surface area contributed by atoms with E-state index in [0.717, 1.165) is 43.9 Å². The average Bonchev–Trinajstić information content (AvgIpc) is 3.28. The van der Waals surface area contributed by atoms with E-state index in [1.54, 1.807) is 0 Å². The molecule has 0 spiro atoms. The van der Waals surface area contributed by atoms with Crippen LogP contribution in [0.4, 0.5) is 5.82 Å². The van der Waals surface area contributed by atoms with E-state index in [-0.39, 0.29) is 0 Å². The molecule has 4 aromatic rings. The third-order valence-corrected chi connectivity index (χ3v) is 6.03. The van der Waals surface area contributed by atoms with Crippen molar-refractivity contribution in [2.24, 2.45) is 0 Å². The minimum atomic E-state index is 0.380. The van der Waals surface area contributed by atoms with Gasteiger partial charge >= 0.3 is 0 Å². The molecule has 0 radical (unpaired) electrons. The molecule has 0 amide bonds. The van der Waals surface area contributed by atoms with Gasteiger partial charge in [-0.25, -0.2) is 9.97 Å². The Morgan fingerprint density at radius 3 is 2.22 bits per heavy atom. The maximum atomic E-state index is 6.15. The normalized spacial score (nSPS) is 16.3. The number of hydrogen-bond acceptors (Lipinski definition) is 7. The number of hydrogen-bond donors (Lipinski definition) is 1. The number of aromatic nitrogens is 3. The monoisotopic (exact) mass is 428 g/mol. The van der Waals surface area contributed by atoms with Crippen molar-refractivity contribution in [2.45, 2.75) is 13.0 Å². The Bertz CT molecular complexity index is 1170. The molecule has 164 valence electrons. The summed E-state index contributed by atoms with van der Waals surface area (Å²) in [5.41, 5.74) is 3.03. The molecule has 1 fully saturated rings. The molecule has 0 saturated carbocycles. The van der Waals surface area contributed by atoms with Crippen LogP contribution in [0.2, 0.25) is 0 Å². The maximum absolute atomic E-state index is 6.15. The lowest BCUT2D eigenvalue weighted by Gasteiger charge is -2.36. The van der Waals surface area contributed by atoms with Crippen molar-refractivity contribution in [2.75, 3.05) is 45.1 Å². The molecule has 0 aliphatic carbocycles. The number of anilines is 1. The molecule has 3 heterocycles. The van der Waals surface area contributed by atoms with Gasteiger partial charge in [-0.3, -0.25) is 4.90 Å². The summed E-state index contributed by atoms with van der Waals surface area (Å²) in [6, 6.07) is 20.3. The molecular weight excluding hydrogens is 400 g/mol. The van der Waals surface area contributed by atoms with Gasteiger partial charge in [0.15, 0.2) is 11.6 Å². The molecular formula is C25H28N6O. The van der Waals surface area contributed by atoms with Crippen LogP contribution >= 0.6 is 0 Å². The average molecular weight is 429 g/mol. The molecule has 1 atom stereocenters. The van der Waals surface area contributed by atoms with Gasteiger partial charge in [0.25, 0.3) is 0 Å². The molecule has 7 nitrogen and oxygen atoms in total. The van der Waals surface area contributed by atoms with Crippen LogP contribution in [0.5, 0.6) is 0 Å². The number of fused-ring (bicyclic) bond motifs is 1. The Kier molecular flexibility index (Phi) is 5.83. The Morgan fingerprint density at radius 1 is 0.875 bits per heavy atom. The second-order valence-electron chi connectivity index (χ2n) is 8.37. The predicted molar refractivity (Wildman–Crippen MR) is 127 cm³/mol. The van der Waals surface area contributed by atoms with Gasteiger partial charge in [-0.05, 0) is 26.1 Å². The van der Waals surface area contributed by atoms with Crippen LogP contribution in [-0.2, 0) is 0 Å². The first-order valence-electron chi connectivity index (χ1n) is 11.1. The molecule has 1 N–H and O–H groups in total. The second kappa shape index (κ2) is 9.06. The highest BCUT2D eigenvalue weighted by Crippen LogP contribution is 2.29. The first-order valence-corrected chi connectivity index (χ1v) is 11.1. The van der Waals surface area contributed by atoms with Gasteiger partial charge in [0.1, 0.15) is 0 Å². The number of nitrogens with zero attached hydrogens (tertiary/aromatic N) is 5. The number of nitrogens with one attached hydrogen (secondary N) is 1. The van der Waals surface area contributed by atoms with Crippen LogP contribution in [0, 0.1) is 0 Å². The van der Waals surface area contributed by atoms with Crippen LogP contribution in [0.1, 0.15) is 6.92 Å². The van der Waals surface area contributed by atoms with E-state index in [0.29, 0.717) is 34.8 Å². The molecule has 1 saturated heterocycles. The number of likely N-dealkylation sites (N-methyl/N-ethyl adjacent to an activating group) is 1. The van der Waals surface area contributed by atoms with Crippen molar-refractivity contribution in [1.82, 2.24) is 24.8 Å². The van der Waals surface area contributed by atoms with Gasteiger partial charge in [0.2, 0.25) is 17.1 Å². The summed E-state index contributed by atoms with van der Waals surface area (Å²) in [6.07, 6.45) is 0. The summed E-state index contributed by atoms with van der Waals surface area (Å²) in [5, 5.41) is 3.53. The van der Waals surface area contributed by atoms with Gasteiger partial charge in [0, 0.05) is 49.9 Å². The Balaban J connectivity index is 1.47. The molecule has 1 aliphatic rings. The highest BCUT2D eigenvalue weighted by Gasteiger charge is 2.21. The first-order chi connectivity index (χ1) is 15.7. The van der Waals surface area contributed by atoms with Gasteiger partial charge in [-0.2, -0.15) is 4.98 Å². The van der Waals surface area contributed by atoms with Crippen LogP contribution in [0.3, 0.4) is 0 Å². The zero-order chi connectivity index (χ0) is 21.9. The van der Waals surface area contributed by atoms with Gasteiger partial charge < -0.3 is 14.6 Å². The molecule has 1 aliphatic heterocycles. The lowest BCUT2D eigenvalue weighted by atomic mass is 10.2. The summed E-state index contributed by atoms with van der Waals surface area (Å²) in [5.74, 6) is 1.88. The predicted octanol–water partition coefficient (Wildman–Crippen LogP) is 4.00. The maximum Gasteiger partial charge on any atom is 0.229 e. The smallest absolute Gasteiger partial charge is 0.229 e. The van der Waals surface area contributed by atoms with Gasteiger partial charge in [-0.15, -0.1) is 0 Å². The summed E-state index contributed by atoms with van der Waals surface area (Å²) >= 11 is 0. The third kappa shape index (κ3) is 4.35. The minimum Gasteiger partial charge on any atom is -0.430 e. The van der Waals surface area contributed by atoms with Crippen LogP contribution in [-0.4, -0.2) is 70.6 Å². The van der Waals surface area contributed by atoms with Crippen molar-refractivity contribution in [3.05, 3.63) is 60.7 Å². The van der Waals surface area contributed by atoms with Crippen LogP contribution in [0.25, 0.3) is 34.1 Å². The van der Waals surface area contributed by atoms with Crippen molar-refractivity contribution in [1.29, 1.82) is 0 Å². The molecule has 0 bridgehead atoms. The van der Waals surface area contributed by atoms with E-state index in [1.807, 2.05) is 60.7 Å². The van der Waals surface area contributed by atoms with E-state index in [4.69, 9.17) is 14.4 Å². The fourth-order valence-electron chi connectivity index (χ4n) is 4.00. The highest BCUT2D eigenvalue weighted by atomic mass is 16.3. The summed E-state index contributed by atoms with van der Waals surface area (Å²) in [4.78, 5) is 19.1. The van der Waals surface area contributed by atoms with Crippen LogP contribution < -0.4 is 5.32 Å². The standard InChI is InChI=1S/C25H28N6O/c1-18(31-15-13-30(2)14-16-31)17-26-23-21-24(28-22(27-23)19-9-5-3-6-10-19)29-25(32-21)20-11-7-4-8-12-20/h3-12,18H,13-17H2,1-2H3,(H,26,27,28)/t18-/m0/s1. The zero-order valence-electron chi connectivity index (χ0n) is 18.5. The SMILES string of the molecule is C[C@@H](CNc1nc(-c2ccccc2)nc2nc(-c3ccccc3)oc12)N1CCN(C)CC1. The van der Waals surface area contributed by atoms with Crippen molar-refractivity contribution in [3.63, 3.8) is 0 Å².